The van der Waals surface area contributed by atoms with Crippen molar-refractivity contribution < 1.29 is 0 Å². The quantitative estimate of drug-likeness (QED) is 0.818. The van der Waals surface area contributed by atoms with Gasteiger partial charge < -0.3 is 4.57 Å². The molecule has 2 rings (SSSR count). The summed E-state index contributed by atoms with van der Waals surface area (Å²) < 4.78 is 3.01. The average molecular weight is 239 g/mol. The van der Waals surface area contributed by atoms with Gasteiger partial charge >= 0.3 is 0 Å². The highest BCUT2D eigenvalue weighted by molar-refractivity contribution is 7.71. The lowest BCUT2D eigenvalue weighted by atomic mass is 9.98. The zero-order valence-corrected chi connectivity index (χ0v) is 11.0. The molecule has 1 aliphatic carbocycles. The molecule has 1 saturated carbocycles. The van der Waals surface area contributed by atoms with E-state index in [0.29, 0.717) is 0 Å². The molecule has 1 aromatic heterocycles. The van der Waals surface area contributed by atoms with Crippen molar-refractivity contribution in [1.82, 2.24) is 14.8 Å². The van der Waals surface area contributed by atoms with Gasteiger partial charge in [-0.25, -0.2) is 0 Å². The van der Waals surface area contributed by atoms with Crippen LogP contribution in [-0.4, -0.2) is 14.8 Å². The fourth-order valence-electron chi connectivity index (χ4n) is 2.68. The summed E-state index contributed by atoms with van der Waals surface area (Å²) in [5.41, 5.74) is 0. The topological polar surface area (TPSA) is 33.6 Å². The molecule has 0 saturated heterocycles. The van der Waals surface area contributed by atoms with E-state index in [2.05, 4.69) is 28.6 Å². The number of aryl methyl sites for hydroxylation is 1. The van der Waals surface area contributed by atoms with Crippen LogP contribution in [0, 0.1) is 16.6 Å². The molecule has 0 spiro atoms. The number of nitrogens with zero attached hydrogens (tertiary/aromatic N) is 2. The monoisotopic (exact) mass is 239 g/mol. The summed E-state index contributed by atoms with van der Waals surface area (Å²) in [6, 6.07) is 0. The molecular weight excluding hydrogens is 218 g/mol. The summed E-state index contributed by atoms with van der Waals surface area (Å²) in [7, 11) is 0. The van der Waals surface area contributed by atoms with Crippen LogP contribution in [-0.2, 0) is 13.0 Å². The van der Waals surface area contributed by atoms with Gasteiger partial charge in [-0.05, 0) is 36.9 Å². The minimum atomic E-state index is 0.792. The van der Waals surface area contributed by atoms with E-state index in [0.717, 1.165) is 41.8 Å². The maximum absolute atomic E-state index is 5.31. The third-order valence-corrected chi connectivity index (χ3v) is 4.08. The Kier molecular flexibility index (Phi) is 3.79. The van der Waals surface area contributed by atoms with Crippen molar-refractivity contribution in [2.24, 2.45) is 11.8 Å². The second-order valence-corrected chi connectivity index (χ2v) is 5.36. The zero-order valence-electron chi connectivity index (χ0n) is 10.2. The lowest BCUT2D eigenvalue weighted by Gasteiger charge is -2.16. The van der Waals surface area contributed by atoms with E-state index in [4.69, 9.17) is 12.2 Å². The first kappa shape index (κ1) is 11.8. The Morgan fingerprint density at radius 2 is 2.31 bits per heavy atom. The van der Waals surface area contributed by atoms with E-state index in [-0.39, 0.29) is 0 Å². The second kappa shape index (κ2) is 5.13. The van der Waals surface area contributed by atoms with Gasteiger partial charge in [0, 0.05) is 13.0 Å². The van der Waals surface area contributed by atoms with Crippen LogP contribution in [0.15, 0.2) is 0 Å². The highest BCUT2D eigenvalue weighted by Gasteiger charge is 2.24. The SMILES string of the molecule is CCCc1n[nH]c(=S)n1CC1CCCC1C. The summed E-state index contributed by atoms with van der Waals surface area (Å²) in [6.45, 7) is 5.60. The standard InChI is InChI=1S/C12H21N3S/c1-3-5-11-13-14-12(16)15(11)8-10-7-4-6-9(10)2/h9-10H,3-8H2,1-2H3,(H,14,16). The number of H-pyrrole nitrogens is 1. The summed E-state index contributed by atoms with van der Waals surface area (Å²) in [4.78, 5) is 0. The number of aromatic amines is 1. The van der Waals surface area contributed by atoms with E-state index in [1.54, 1.807) is 0 Å². The van der Waals surface area contributed by atoms with Crippen LogP contribution in [0.2, 0.25) is 0 Å². The summed E-state index contributed by atoms with van der Waals surface area (Å²) >= 11 is 5.31. The maximum atomic E-state index is 5.31. The van der Waals surface area contributed by atoms with Crippen molar-refractivity contribution >= 4 is 12.2 Å². The summed E-state index contributed by atoms with van der Waals surface area (Å²) in [6.07, 6.45) is 6.24. The molecule has 1 aromatic rings. The van der Waals surface area contributed by atoms with Gasteiger partial charge in [-0.1, -0.05) is 26.7 Å². The lowest BCUT2D eigenvalue weighted by molar-refractivity contribution is 0.356. The van der Waals surface area contributed by atoms with Crippen molar-refractivity contribution in [2.75, 3.05) is 0 Å². The first-order chi connectivity index (χ1) is 7.72. The van der Waals surface area contributed by atoms with Gasteiger partial charge in [-0.3, -0.25) is 5.10 Å². The van der Waals surface area contributed by atoms with Gasteiger partial charge in [-0.15, -0.1) is 0 Å². The Morgan fingerprint density at radius 1 is 1.50 bits per heavy atom. The van der Waals surface area contributed by atoms with Crippen molar-refractivity contribution in [3.8, 4) is 0 Å². The molecule has 0 bridgehead atoms. The van der Waals surface area contributed by atoms with Gasteiger partial charge in [0.15, 0.2) is 4.77 Å². The van der Waals surface area contributed by atoms with E-state index < -0.39 is 0 Å². The van der Waals surface area contributed by atoms with E-state index in [1.165, 1.54) is 19.3 Å². The third kappa shape index (κ3) is 2.37. The zero-order chi connectivity index (χ0) is 11.5. The largest absolute Gasteiger partial charge is 0.304 e. The van der Waals surface area contributed by atoms with Crippen molar-refractivity contribution in [3.63, 3.8) is 0 Å². The molecule has 1 heterocycles. The predicted molar refractivity (Wildman–Crippen MR) is 67.9 cm³/mol. The molecule has 0 aliphatic heterocycles. The molecular formula is C12H21N3S. The van der Waals surface area contributed by atoms with Crippen LogP contribution in [0.5, 0.6) is 0 Å². The Hall–Kier alpha value is -0.640. The molecule has 16 heavy (non-hydrogen) atoms. The normalized spacial score (nSPS) is 25.1. The van der Waals surface area contributed by atoms with Gasteiger partial charge in [0.1, 0.15) is 5.82 Å². The number of hydrogen-bond acceptors (Lipinski definition) is 2. The number of aromatic nitrogens is 3. The summed E-state index contributed by atoms with van der Waals surface area (Å²) in [5, 5.41) is 7.24. The lowest BCUT2D eigenvalue weighted by Crippen LogP contribution is -2.15. The summed E-state index contributed by atoms with van der Waals surface area (Å²) in [5.74, 6) is 2.76. The first-order valence-corrected chi connectivity index (χ1v) is 6.77. The van der Waals surface area contributed by atoms with Gasteiger partial charge in [0.05, 0.1) is 0 Å². The molecule has 1 N–H and O–H groups in total. The van der Waals surface area contributed by atoms with Crippen LogP contribution >= 0.6 is 12.2 Å². The minimum absolute atomic E-state index is 0.792. The number of hydrogen-bond donors (Lipinski definition) is 1. The minimum Gasteiger partial charge on any atom is -0.304 e. The molecule has 1 aliphatic rings. The first-order valence-electron chi connectivity index (χ1n) is 6.36. The van der Waals surface area contributed by atoms with Crippen LogP contribution < -0.4 is 0 Å². The molecule has 4 heteroatoms. The molecule has 90 valence electrons. The Morgan fingerprint density at radius 3 is 2.94 bits per heavy atom. The fraction of sp³-hybridized carbons (Fsp3) is 0.833. The molecule has 1 fully saturated rings. The molecule has 2 unspecified atom stereocenters. The van der Waals surface area contributed by atoms with Crippen molar-refractivity contribution in [3.05, 3.63) is 10.6 Å². The van der Waals surface area contributed by atoms with Crippen LogP contribution in [0.1, 0.15) is 45.4 Å². The molecule has 2 atom stereocenters. The van der Waals surface area contributed by atoms with Crippen LogP contribution in [0.25, 0.3) is 0 Å². The van der Waals surface area contributed by atoms with Crippen LogP contribution in [0.3, 0.4) is 0 Å². The highest BCUT2D eigenvalue weighted by atomic mass is 32.1. The number of rotatable bonds is 4. The predicted octanol–water partition coefficient (Wildman–Crippen LogP) is 3.33. The van der Waals surface area contributed by atoms with Crippen molar-refractivity contribution in [1.29, 1.82) is 0 Å². The average Bonchev–Trinajstić information content (AvgIpc) is 2.80. The Bertz CT molecular complexity index is 393. The van der Waals surface area contributed by atoms with Gasteiger partial charge in [-0.2, -0.15) is 5.10 Å². The van der Waals surface area contributed by atoms with E-state index >= 15 is 0 Å². The van der Waals surface area contributed by atoms with E-state index in [1.807, 2.05) is 0 Å². The maximum Gasteiger partial charge on any atom is 0.195 e. The third-order valence-electron chi connectivity index (χ3n) is 3.77. The van der Waals surface area contributed by atoms with Crippen molar-refractivity contribution in [2.45, 2.75) is 52.5 Å². The van der Waals surface area contributed by atoms with Gasteiger partial charge in [0.2, 0.25) is 0 Å². The smallest absolute Gasteiger partial charge is 0.195 e. The molecule has 0 amide bonds. The Balaban J connectivity index is 2.13. The molecule has 0 aromatic carbocycles. The number of nitrogens with one attached hydrogen (secondary N) is 1. The Labute approximate surface area is 102 Å². The fourth-order valence-corrected chi connectivity index (χ4v) is 2.91. The van der Waals surface area contributed by atoms with Gasteiger partial charge in [0.25, 0.3) is 0 Å². The highest BCUT2D eigenvalue weighted by Crippen LogP contribution is 2.32. The molecule has 0 radical (unpaired) electrons. The second-order valence-electron chi connectivity index (χ2n) is 4.97. The molecule has 3 nitrogen and oxygen atoms in total. The van der Waals surface area contributed by atoms with Crippen LogP contribution in [0.4, 0.5) is 0 Å². The van der Waals surface area contributed by atoms with E-state index in [9.17, 15) is 0 Å².